The van der Waals surface area contributed by atoms with Crippen LogP contribution in [0.4, 0.5) is 0 Å². The highest BCUT2D eigenvalue weighted by Gasteiger charge is 2.39. The Morgan fingerprint density at radius 1 is 0.520 bits per heavy atom. The second-order valence-electron chi connectivity index (χ2n) is 11.5. The second-order valence-corrected chi connectivity index (χ2v) is 11.5. The van der Waals surface area contributed by atoms with Gasteiger partial charge in [0, 0.05) is 5.92 Å². The zero-order chi connectivity index (χ0) is 20.3. The molecule has 0 fully saturated rings. The second kappa shape index (κ2) is 8.24. The monoisotopic (exact) mass is 360 g/mol. The van der Waals surface area contributed by atoms with Crippen molar-refractivity contribution in [2.24, 2.45) is 16.7 Å². The normalized spacial score (nSPS) is 15.1. The largest absolute Gasteiger partial charge is 0.233 e. The van der Waals surface area contributed by atoms with Gasteiger partial charge in [-0.2, -0.15) is 9.78 Å². The fourth-order valence-corrected chi connectivity index (χ4v) is 3.21. The van der Waals surface area contributed by atoms with Crippen LogP contribution in [-0.2, 0) is 19.6 Å². The summed E-state index contributed by atoms with van der Waals surface area (Å²) in [5, 5.41) is 0. The minimum Gasteiger partial charge on any atom is -0.228 e. The Morgan fingerprint density at radius 3 is 1.00 bits per heavy atom. The minimum atomic E-state index is -0.982. The Kier molecular flexibility index (Phi) is 8.19. The molecule has 152 valence electrons. The summed E-state index contributed by atoms with van der Waals surface area (Å²) < 4.78 is 0. The third-order valence-corrected chi connectivity index (χ3v) is 3.83. The first kappa shape index (κ1) is 24.8. The van der Waals surface area contributed by atoms with Crippen molar-refractivity contribution in [3.8, 4) is 0 Å². The van der Waals surface area contributed by atoms with E-state index in [0.29, 0.717) is 0 Å². The summed E-state index contributed by atoms with van der Waals surface area (Å²) in [6, 6.07) is 0. The number of hydrogen-bond acceptors (Lipinski definition) is 4. The van der Waals surface area contributed by atoms with Crippen molar-refractivity contribution in [1.82, 2.24) is 0 Å². The molecule has 0 aromatic carbocycles. The van der Waals surface area contributed by atoms with Crippen molar-refractivity contribution < 1.29 is 19.6 Å². The summed E-state index contributed by atoms with van der Waals surface area (Å²) in [7, 11) is 0. The van der Waals surface area contributed by atoms with E-state index in [1.165, 1.54) is 0 Å². The first-order valence-electron chi connectivity index (χ1n) is 9.51. The molecule has 0 heterocycles. The van der Waals surface area contributed by atoms with Gasteiger partial charge in [-0.15, -0.1) is 0 Å². The van der Waals surface area contributed by atoms with Crippen molar-refractivity contribution in [2.75, 3.05) is 0 Å². The molecule has 4 nitrogen and oxygen atoms in total. The lowest BCUT2D eigenvalue weighted by atomic mass is 9.84. The lowest BCUT2D eigenvalue weighted by Gasteiger charge is -2.39. The molecule has 0 atom stereocenters. The van der Waals surface area contributed by atoms with Gasteiger partial charge in [0.15, 0.2) is 0 Å². The lowest BCUT2D eigenvalue weighted by molar-refractivity contribution is -0.549. The van der Waals surface area contributed by atoms with Crippen molar-refractivity contribution in [3.63, 3.8) is 0 Å². The van der Waals surface area contributed by atoms with Crippen LogP contribution in [0.3, 0.4) is 0 Å². The number of rotatable bonds is 9. The van der Waals surface area contributed by atoms with Gasteiger partial charge in [-0.05, 0) is 58.3 Å². The molecule has 0 amide bonds. The van der Waals surface area contributed by atoms with Gasteiger partial charge >= 0.3 is 0 Å². The molecule has 0 aromatic heterocycles. The maximum atomic E-state index is 5.79. The van der Waals surface area contributed by atoms with Gasteiger partial charge in [0.1, 0.15) is 0 Å². The van der Waals surface area contributed by atoms with Crippen LogP contribution < -0.4 is 0 Å². The van der Waals surface area contributed by atoms with Gasteiger partial charge in [-0.25, -0.2) is 9.78 Å². The molecule has 25 heavy (non-hydrogen) atoms. The SMILES string of the molecule is CC(C)C(C)(OOC(C)(C)CC(C)(C)C)OOC(C)(C)CC(C)(C)C. The van der Waals surface area contributed by atoms with Crippen molar-refractivity contribution in [3.05, 3.63) is 0 Å². The molecule has 0 rings (SSSR count). The maximum absolute atomic E-state index is 5.79. The maximum Gasteiger partial charge on any atom is 0.233 e. The number of hydrogen-bond donors (Lipinski definition) is 0. The van der Waals surface area contributed by atoms with Crippen molar-refractivity contribution in [2.45, 2.75) is 120 Å². The van der Waals surface area contributed by atoms with E-state index in [-0.39, 0.29) is 16.7 Å². The summed E-state index contributed by atoms with van der Waals surface area (Å²) in [4.78, 5) is 23.1. The van der Waals surface area contributed by atoms with Crippen molar-refractivity contribution in [1.29, 1.82) is 0 Å². The Balaban J connectivity index is 4.91. The first-order chi connectivity index (χ1) is 10.8. The molecule has 0 aliphatic carbocycles. The molecule has 0 unspecified atom stereocenters. The van der Waals surface area contributed by atoms with E-state index in [2.05, 4.69) is 41.5 Å². The summed E-state index contributed by atoms with van der Waals surface area (Å²) in [6.45, 7) is 27.2. The predicted molar refractivity (Wildman–Crippen MR) is 104 cm³/mol. The van der Waals surface area contributed by atoms with E-state index < -0.39 is 17.0 Å². The van der Waals surface area contributed by atoms with Crippen LogP contribution >= 0.6 is 0 Å². The minimum absolute atomic E-state index is 0.0587. The van der Waals surface area contributed by atoms with Crippen LogP contribution in [0, 0.1) is 16.7 Å². The van der Waals surface area contributed by atoms with Crippen LogP contribution in [0.2, 0.25) is 0 Å². The standard InChI is InChI=1S/C21H44O4/c1-16(2)21(13,24-22-19(9,10)14-17(3,4)5)25-23-20(11,12)15-18(6,7)8/h16H,14-15H2,1-13H3. The van der Waals surface area contributed by atoms with E-state index in [4.69, 9.17) is 19.6 Å². The zero-order valence-corrected chi connectivity index (χ0v) is 19.1. The summed E-state index contributed by atoms with van der Waals surface area (Å²) >= 11 is 0. The molecule has 0 saturated heterocycles. The molecule has 0 radical (unpaired) electrons. The first-order valence-corrected chi connectivity index (χ1v) is 9.51. The van der Waals surface area contributed by atoms with Gasteiger partial charge in [0.2, 0.25) is 5.79 Å². The molecule has 0 bridgehead atoms. The molecule has 4 heteroatoms. The topological polar surface area (TPSA) is 36.9 Å². The third-order valence-electron chi connectivity index (χ3n) is 3.83. The molecule has 0 spiro atoms. The van der Waals surface area contributed by atoms with E-state index in [9.17, 15) is 0 Å². The van der Waals surface area contributed by atoms with Gasteiger partial charge in [-0.1, -0.05) is 55.4 Å². The summed E-state index contributed by atoms with van der Waals surface area (Å²) in [5.74, 6) is -0.923. The van der Waals surface area contributed by atoms with E-state index in [1.54, 1.807) is 0 Å². The summed E-state index contributed by atoms with van der Waals surface area (Å²) in [6.07, 6.45) is 1.73. The van der Waals surface area contributed by atoms with Gasteiger partial charge in [0.05, 0.1) is 11.2 Å². The fourth-order valence-electron chi connectivity index (χ4n) is 3.21. The average Bonchev–Trinajstić information content (AvgIpc) is 2.28. The van der Waals surface area contributed by atoms with Gasteiger partial charge in [-0.3, -0.25) is 0 Å². The van der Waals surface area contributed by atoms with Crippen LogP contribution in [0.1, 0.15) is 103 Å². The van der Waals surface area contributed by atoms with Gasteiger partial charge in [0.25, 0.3) is 0 Å². The lowest BCUT2D eigenvalue weighted by Crippen LogP contribution is -2.44. The molecule has 0 N–H and O–H groups in total. The third kappa shape index (κ3) is 11.2. The molecular weight excluding hydrogens is 316 g/mol. The van der Waals surface area contributed by atoms with Crippen molar-refractivity contribution >= 4 is 0 Å². The highest BCUT2D eigenvalue weighted by molar-refractivity contribution is 4.77. The quantitative estimate of drug-likeness (QED) is 0.261. The fraction of sp³-hybridized carbons (Fsp3) is 1.00. The predicted octanol–water partition coefficient (Wildman–Crippen LogP) is 6.68. The molecule has 0 saturated carbocycles. The molecule has 0 aliphatic rings. The highest BCUT2D eigenvalue weighted by atomic mass is 17.3. The molecule has 0 aliphatic heterocycles. The van der Waals surface area contributed by atoms with Crippen LogP contribution in [0.25, 0.3) is 0 Å². The Bertz CT molecular complexity index is 365. The highest BCUT2D eigenvalue weighted by Crippen LogP contribution is 2.35. The van der Waals surface area contributed by atoms with Gasteiger partial charge < -0.3 is 0 Å². The van der Waals surface area contributed by atoms with Crippen LogP contribution in [0.5, 0.6) is 0 Å². The van der Waals surface area contributed by atoms with E-state index >= 15 is 0 Å². The van der Waals surface area contributed by atoms with Crippen LogP contribution in [-0.4, -0.2) is 17.0 Å². The average molecular weight is 361 g/mol. The Morgan fingerprint density at radius 2 is 0.800 bits per heavy atom. The van der Waals surface area contributed by atoms with E-state index in [0.717, 1.165) is 12.8 Å². The Labute approximate surface area is 156 Å². The molecular formula is C21H44O4. The molecule has 0 aromatic rings. The smallest absolute Gasteiger partial charge is 0.228 e. The van der Waals surface area contributed by atoms with E-state index in [1.807, 2.05) is 48.5 Å². The Hall–Kier alpha value is -0.160. The van der Waals surface area contributed by atoms with Crippen LogP contribution in [0.15, 0.2) is 0 Å². The zero-order valence-electron chi connectivity index (χ0n) is 19.1. The summed E-state index contributed by atoms with van der Waals surface area (Å²) in [5.41, 5.74) is -0.544.